The van der Waals surface area contributed by atoms with E-state index in [0.29, 0.717) is 41.6 Å². The number of fused-ring (bicyclic) bond motifs is 1. The Kier molecular flexibility index (Phi) is 8.55. The van der Waals surface area contributed by atoms with Crippen molar-refractivity contribution in [3.05, 3.63) is 88.4 Å². The van der Waals surface area contributed by atoms with Gasteiger partial charge in [0.1, 0.15) is 5.92 Å². The molecule has 2 amide bonds. The van der Waals surface area contributed by atoms with Gasteiger partial charge in [-0.1, -0.05) is 41.9 Å². The van der Waals surface area contributed by atoms with Crippen LogP contribution in [0.2, 0.25) is 5.02 Å². The minimum Gasteiger partial charge on any atom is -0.481 e. The van der Waals surface area contributed by atoms with Gasteiger partial charge in [-0.2, -0.15) is 0 Å². The molecule has 1 unspecified atom stereocenters. The summed E-state index contributed by atoms with van der Waals surface area (Å²) in [5.41, 5.74) is 5.00. The lowest BCUT2D eigenvalue weighted by molar-refractivity contribution is -0.137. The Morgan fingerprint density at radius 1 is 1.08 bits per heavy atom. The molecule has 1 aliphatic rings. The van der Waals surface area contributed by atoms with Gasteiger partial charge in [-0.25, -0.2) is 0 Å². The Hall–Kier alpha value is -4.01. The van der Waals surface area contributed by atoms with Crippen molar-refractivity contribution in [1.82, 2.24) is 5.32 Å². The molecule has 196 valence electrons. The number of benzene rings is 3. The zero-order valence-corrected chi connectivity index (χ0v) is 22.0. The summed E-state index contributed by atoms with van der Waals surface area (Å²) in [4.78, 5) is 42.9. The third-order valence-corrected chi connectivity index (χ3v) is 6.61. The van der Waals surface area contributed by atoms with Crippen LogP contribution in [-0.2, 0) is 20.8 Å². The van der Waals surface area contributed by atoms with Gasteiger partial charge in [-0.3, -0.25) is 19.4 Å². The number of aliphatic imine (C=N–C) groups is 1. The van der Waals surface area contributed by atoms with E-state index >= 15 is 0 Å². The lowest BCUT2D eigenvalue weighted by Crippen LogP contribution is -2.34. The average Bonchev–Trinajstić information content (AvgIpc) is 3.21. The summed E-state index contributed by atoms with van der Waals surface area (Å²) in [6.45, 7) is 2.73. The number of hydrogen-bond acceptors (Lipinski definition) is 5. The van der Waals surface area contributed by atoms with Gasteiger partial charge in [0.25, 0.3) is 0 Å². The van der Waals surface area contributed by atoms with Gasteiger partial charge >= 0.3 is 5.97 Å². The topological polar surface area (TPSA) is 111 Å². The summed E-state index contributed by atoms with van der Waals surface area (Å²) in [5.74, 6) is -1.77. The molecule has 1 heterocycles. The van der Waals surface area contributed by atoms with E-state index < -0.39 is 11.9 Å². The summed E-state index contributed by atoms with van der Waals surface area (Å²) in [5, 5.41) is 15.5. The molecule has 0 aromatic heterocycles. The Balaban J connectivity index is 1.73. The van der Waals surface area contributed by atoms with Crippen molar-refractivity contribution in [3.63, 3.8) is 0 Å². The molecule has 0 bridgehead atoms. The number of carboxylic acid groups (broad SMARTS) is 1. The second kappa shape index (κ2) is 12.0. The number of halogens is 1. The number of carboxylic acids is 1. The lowest BCUT2D eigenvalue weighted by Gasteiger charge is -2.21. The Morgan fingerprint density at radius 2 is 1.79 bits per heavy atom. The van der Waals surface area contributed by atoms with Crippen LogP contribution in [0, 0.1) is 0 Å². The van der Waals surface area contributed by atoms with Gasteiger partial charge in [-0.15, -0.1) is 0 Å². The molecule has 9 heteroatoms. The molecule has 1 atom stereocenters. The van der Waals surface area contributed by atoms with E-state index in [9.17, 15) is 14.4 Å². The van der Waals surface area contributed by atoms with Gasteiger partial charge in [0.2, 0.25) is 11.8 Å². The van der Waals surface area contributed by atoms with E-state index in [1.165, 1.54) is 6.92 Å². The molecule has 0 saturated carbocycles. The smallest absolute Gasteiger partial charge is 0.303 e. The average molecular weight is 533 g/mol. The first-order chi connectivity index (χ1) is 18.3. The van der Waals surface area contributed by atoms with Gasteiger partial charge < -0.3 is 20.6 Å². The highest BCUT2D eigenvalue weighted by Crippen LogP contribution is 2.38. The largest absolute Gasteiger partial charge is 0.481 e. The minimum absolute atomic E-state index is 0.0391. The minimum atomic E-state index is -0.855. The van der Waals surface area contributed by atoms with Crippen LogP contribution in [0.15, 0.2) is 71.7 Å². The summed E-state index contributed by atoms with van der Waals surface area (Å²) in [6, 6.07) is 20.1. The fourth-order valence-corrected chi connectivity index (χ4v) is 4.61. The highest BCUT2D eigenvalue weighted by Gasteiger charge is 2.35. The number of aliphatic carboxylic acids is 1. The van der Waals surface area contributed by atoms with E-state index in [-0.39, 0.29) is 18.2 Å². The van der Waals surface area contributed by atoms with Crippen molar-refractivity contribution in [3.8, 4) is 0 Å². The number of likely N-dealkylation sites (N-methyl/N-ethyl adjacent to an activating group) is 1. The van der Waals surface area contributed by atoms with Crippen LogP contribution in [0.25, 0.3) is 0 Å². The predicted molar refractivity (Wildman–Crippen MR) is 150 cm³/mol. The number of nitrogens with one attached hydrogen (secondary N) is 2. The quantitative estimate of drug-likeness (QED) is 0.325. The molecule has 1 aliphatic heterocycles. The van der Waals surface area contributed by atoms with E-state index in [1.54, 1.807) is 17.0 Å². The van der Waals surface area contributed by atoms with E-state index in [0.717, 1.165) is 22.4 Å². The summed E-state index contributed by atoms with van der Waals surface area (Å²) >= 11 is 6.15. The maximum Gasteiger partial charge on any atom is 0.303 e. The molecule has 8 nitrogen and oxygen atoms in total. The van der Waals surface area contributed by atoms with Crippen LogP contribution in [-0.4, -0.2) is 48.7 Å². The first-order valence-electron chi connectivity index (χ1n) is 12.3. The van der Waals surface area contributed by atoms with E-state index in [4.69, 9.17) is 21.7 Å². The van der Waals surface area contributed by atoms with Crippen LogP contribution in [0.3, 0.4) is 0 Å². The van der Waals surface area contributed by atoms with Crippen LogP contribution >= 0.6 is 11.6 Å². The Labute approximate surface area is 226 Å². The molecule has 3 N–H and O–H groups in total. The molecule has 0 fully saturated rings. The van der Waals surface area contributed by atoms with Gasteiger partial charge in [0.15, 0.2) is 0 Å². The predicted octanol–water partition coefficient (Wildman–Crippen LogP) is 4.79. The molecule has 3 aromatic carbocycles. The first kappa shape index (κ1) is 27.0. The molecule has 0 aliphatic carbocycles. The van der Waals surface area contributed by atoms with Crippen molar-refractivity contribution >= 4 is 52.2 Å². The fourth-order valence-electron chi connectivity index (χ4n) is 4.43. The second-order valence-corrected chi connectivity index (χ2v) is 9.47. The molecule has 3 aromatic rings. The third-order valence-electron chi connectivity index (χ3n) is 6.37. The lowest BCUT2D eigenvalue weighted by atomic mass is 9.90. The number of carbonyl (C=O) groups is 3. The number of nitrogens with zero attached hydrogens (tertiary/aromatic N) is 2. The van der Waals surface area contributed by atoms with Crippen LogP contribution < -0.4 is 15.5 Å². The van der Waals surface area contributed by atoms with Gasteiger partial charge in [0.05, 0.1) is 11.4 Å². The number of rotatable bonds is 10. The van der Waals surface area contributed by atoms with Crippen molar-refractivity contribution in [1.29, 1.82) is 0 Å². The monoisotopic (exact) mass is 532 g/mol. The fraction of sp³-hybridized carbons (Fsp3) is 0.241. The number of anilines is 2. The Bertz CT molecular complexity index is 1370. The number of carbonyl (C=O) groups excluding carboxylic acids is 2. The normalized spacial score (nSPS) is 14.7. The second-order valence-electron chi connectivity index (χ2n) is 9.03. The summed E-state index contributed by atoms with van der Waals surface area (Å²) in [6.07, 6.45) is 0.451. The zero-order chi connectivity index (χ0) is 27.2. The van der Waals surface area contributed by atoms with Crippen molar-refractivity contribution in [2.24, 2.45) is 4.99 Å². The molecule has 0 spiro atoms. The number of amides is 2. The van der Waals surface area contributed by atoms with Crippen LogP contribution in [0.5, 0.6) is 0 Å². The molecule has 4 rings (SSSR count). The molecule has 38 heavy (non-hydrogen) atoms. The summed E-state index contributed by atoms with van der Waals surface area (Å²) in [7, 11) is 1.83. The van der Waals surface area contributed by atoms with E-state index in [2.05, 4.69) is 10.6 Å². The number of aryl methyl sites for hydroxylation is 1. The van der Waals surface area contributed by atoms with Crippen LogP contribution in [0.4, 0.5) is 17.1 Å². The van der Waals surface area contributed by atoms with Crippen molar-refractivity contribution < 1.29 is 19.5 Å². The molecule has 0 radical (unpaired) electrons. The first-order valence-corrected chi connectivity index (χ1v) is 12.7. The highest BCUT2D eigenvalue weighted by molar-refractivity contribution is 6.31. The maximum atomic E-state index is 13.2. The van der Waals surface area contributed by atoms with Crippen LogP contribution in [0.1, 0.15) is 36.0 Å². The Morgan fingerprint density at radius 3 is 2.42 bits per heavy atom. The third kappa shape index (κ3) is 6.27. The molecular formula is C29H29ClN4O4. The molecular weight excluding hydrogens is 504 g/mol. The number of hydrogen-bond donors (Lipinski definition) is 3. The summed E-state index contributed by atoms with van der Waals surface area (Å²) < 4.78 is 0. The zero-order valence-electron chi connectivity index (χ0n) is 21.2. The molecule has 0 saturated heterocycles. The van der Waals surface area contributed by atoms with Crippen molar-refractivity contribution in [2.45, 2.75) is 25.7 Å². The van der Waals surface area contributed by atoms with Gasteiger partial charge in [0, 0.05) is 42.8 Å². The van der Waals surface area contributed by atoms with Crippen molar-refractivity contribution in [2.75, 3.05) is 30.4 Å². The maximum absolute atomic E-state index is 13.2. The van der Waals surface area contributed by atoms with Gasteiger partial charge in [-0.05, 0) is 66.6 Å². The van der Waals surface area contributed by atoms with E-state index in [1.807, 2.05) is 61.6 Å². The highest BCUT2D eigenvalue weighted by atomic mass is 35.5. The standard InChI is InChI=1S/C29H29ClN4O4/c1-18(35)34(16-15-31-2)23-11-9-22(10-12-23)32-28(20-6-3-19(4-7-20)5-14-26(36)37)27-24-13-8-21(30)17-25(24)33-29(27)38/h3-4,6-13,17,27,31H,5,14-16H2,1-2H3,(H,33,38)(H,36,37). The SMILES string of the molecule is CNCCN(C(C)=O)c1ccc(N=C(c2ccc(CCC(=O)O)cc2)C2C(=O)Nc3cc(Cl)ccc32)cc1.